The molecule has 1 aliphatic heterocycles. The van der Waals surface area contributed by atoms with Crippen LogP contribution in [0.3, 0.4) is 0 Å². The summed E-state index contributed by atoms with van der Waals surface area (Å²) >= 11 is 6.26. The van der Waals surface area contributed by atoms with E-state index in [1.165, 1.54) is 4.90 Å². The van der Waals surface area contributed by atoms with Crippen molar-refractivity contribution in [2.45, 2.75) is 32.9 Å². The highest BCUT2D eigenvalue weighted by Gasteiger charge is 2.46. The van der Waals surface area contributed by atoms with Gasteiger partial charge < -0.3 is 19.0 Å². The Morgan fingerprint density at radius 1 is 1.11 bits per heavy atom. The van der Waals surface area contributed by atoms with E-state index in [9.17, 15) is 14.7 Å². The van der Waals surface area contributed by atoms with Gasteiger partial charge in [-0.15, -0.1) is 0 Å². The number of carbonyl (C=O) groups excluding carboxylic acids is 2. The summed E-state index contributed by atoms with van der Waals surface area (Å²) in [5, 5.41) is 11.9. The van der Waals surface area contributed by atoms with Crippen molar-refractivity contribution in [3.63, 3.8) is 0 Å². The number of fused-ring (bicyclic) bond motifs is 1. The van der Waals surface area contributed by atoms with Gasteiger partial charge in [-0.2, -0.15) is 0 Å². The van der Waals surface area contributed by atoms with Crippen LogP contribution in [0.1, 0.15) is 35.0 Å². The second-order valence-corrected chi connectivity index (χ2v) is 9.07. The van der Waals surface area contributed by atoms with Crippen LogP contribution in [0.5, 0.6) is 0 Å². The average molecular weight is 490 g/mol. The molecule has 1 amide bonds. The molecule has 4 aromatic rings. The molecule has 1 aliphatic rings. The van der Waals surface area contributed by atoms with Gasteiger partial charge >= 0.3 is 0 Å². The number of aliphatic hydroxyl groups is 1. The van der Waals surface area contributed by atoms with Crippen molar-refractivity contribution < 1.29 is 14.7 Å². The molecule has 3 aromatic heterocycles. The lowest BCUT2D eigenvalue weighted by molar-refractivity contribution is -0.139. The number of Topliss-reactive ketones (excluding diaryl/α,β-unsaturated/α-hetero) is 1. The zero-order chi connectivity index (χ0) is 24.7. The highest BCUT2D eigenvalue weighted by molar-refractivity contribution is 6.46. The Morgan fingerprint density at radius 2 is 1.94 bits per heavy atom. The number of likely N-dealkylation sites (tertiary alicyclic amines) is 1. The van der Waals surface area contributed by atoms with E-state index < -0.39 is 17.7 Å². The number of aliphatic hydroxyl groups excluding tert-OH is 1. The second kappa shape index (κ2) is 9.03. The normalized spacial score (nSPS) is 17.6. The summed E-state index contributed by atoms with van der Waals surface area (Å²) in [6.45, 7) is 4.71. The van der Waals surface area contributed by atoms with Gasteiger partial charge in [0.25, 0.3) is 11.7 Å². The maximum Gasteiger partial charge on any atom is 0.295 e. The van der Waals surface area contributed by atoms with Crippen molar-refractivity contribution in [3.8, 4) is 0 Å². The molecular weight excluding hydrogens is 466 g/mol. The molecule has 1 aromatic carbocycles. The number of aryl methyl sites for hydroxylation is 3. The second-order valence-electron chi connectivity index (χ2n) is 8.63. The molecule has 9 heteroatoms. The van der Waals surface area contributed by atoms with Crippen LogP contribution < -0.4 is 0 Å². The summed E-state index contributed by atoms with van der Waals surface area (Å²) < 4.78 is 3.77. The molecule has 0 radical (unpaired) electrons. The number of aromatic nitrogens is 4. The third kappa shape index (κ3) is 4.00. The van der Waals surface area contributed by atoms with Crippen LogP contribution in [0, 0.1) is 13.8 Å². The minimum atomic E-state index is -0.776. The van der Waals surface area contributed by atoms with Crippen LogP contribution in [0.25, 0.3) is 11.4 Å². The molecule has 178 valence electrons. The minimum Gasteiger partial charge on any atom is -0.505 e. The molecule has 1 fully saturated rings. The molecule has 1 N–H and O–H groups in total. The SMILES string of the molecule is Cc1cccn2c(C)c(/C(O)=C3\C(=O)C(=O)N(CCCn4ccnc4)C3c3cccc(Cl)c3)nc12. The van der Waals surface area contributed by atoms with E-state index in [0.29, 0.717) is 41.4 Å². The number of hydrogen-bond acceptors (Lipinski definition) is 5. The molecular formula is C26H24ClN5O3. The number of amides is 1. The topological polar surface area (TPSA) is 92.7 Å². The first-order valence-corrected chi connectivity index (χ1v) is 11.7. The Kier molecular flexibility index (Phi) is 5.90. The number of benzene rings is 1. The lowest BCUT2D eigenvalue weighted by atomic mass is 9.96. The summed E-state index contributed by atoms with van der Waals surface area (Å²) in [5.74, 6) is -1.67. The maximum atomic E-state index is 13.3. The molecule has 1 unspecified atom stereocenters. The Labute approximate surface area is 207 Å². The van der Waals surface area contributed by atoms with E-state index in [2.05, 4.69) is 9.97 Å². The van der Waals surface area contributed by atoms with E-state index in [4.69, 9.17) is 11.6 Å². The Morgan fingerprint density at radius 3 is 2.66 bits per heavy atom. The molecule has 0 spiro atoms. The van der Waals surface area contributed by atoms with Crippen LogP contribution in [0.2, 0.25) is 5.02 Å². The number of imidazole rings is 2. The predicted octanol–water partition coefficient (Wildman–Crippen LogP) is 4.31. The first-order valence-electron chi connectivity index (χ1n) is 11.3. The van der Waals surface area contributed by atoms with Crippen LogP contribution in [-0.2, 0) is 16.1 Å². The molecule has 4 heterocycles. The number of rotatable bonds is 6. The summed E-state index contributed by atoms with van der Waals surface area (Å²) in [6.07, 6.45) is 7.70. The van der Waals surface area contributed by atoms with Gasteiger partial charge in [-0.3, -0.25) is 9.59 Å². The summed E-state index contributed by atoms with van der Waals surface area (Å²) in [6, 6.07) is 10.1. The van der Waals surface area contributed by atoms with Gasteiger partial charge in [0.1, 0.15) is 11.3 Å². The standard InChI is InChI=1S/C26H24ClN5O3/c1-16-6-4-11-31-17(2)21(29-25(16)31)23(33)20-22(18-7-3-8-19(27)14-18)32(26(35)24(20)34)12-5-10-30-13-9-28-15-30/h3-4,6-9,11,13-15,22,33H,5,10,12H2,1-2H3/b23-20+. The van der Waals surface area contributed by atoms with Crippen molar-refractivity contribution in [3.05, 3.63) is 94.4 Å². The van der Waals surface area contributed by atoms with Gasteiger partial charge in [-0.25, -0.2) is 9.97 Å². The van der Waals surface area contributed by atoms with Crippen LogP contribution in [0.4, 0.5) is 0 Å². The molecule has 5 rings (SSSR count). The van der Waals surface area contributed by atoms with Crippen LogP contribution in [-0.4, -0.2) is 47.2 Å². The summed E-state index contributed by atoms with van der Waals surface area (Å²) in [7, 11) is 0. The first-order chi connectivity index (χ1) is 16.9. The smallest absolute Gasteiger partial charge is 0.295 e. The van der Waals surface area contributed by atoms with E-state index in [1.54, 1.807) is 36.8 Å². The van der Waals surface area contributed by atoms with Crippen LogP contribution in [0.15, 0.2) is 66.9 Å². The van der Waals surface area contributed by atoms with Crippen molar-refractivity contribution in [2.24, 2.45) is 0 Å². The number of ketones is 1. The molecule has 0 bridgehead atoms. The zero-order valence-electron chi connectivity index (χ0n) is 19.3. The Hall–Kier alpha value is -3.91. The molecule has 1 saturated heterocycles. The molecule has 0 saturated carbocycles. The van der Waals surface area contributed by atoms with E-state index in [1.807, 2.05) is 47.3 Å². The molecule has 35 heavy (non-hydrogen) atoms. The first kappa shape index (κ1) is 22.9. The lowest BCUT2D eigenvalue weighted by Crippen LogP contribution is -2.31. The van der Waals surface area contributed by atoms with Gasteiger partial charge in [0, 0.05) is 36.7 Å². The fourth-order valence-electron chi connectivity index (χ4n) is 4.65. The highest BCUT2D eigenvalue weighted by atomic mass is 35.5. The molecule has 8 nitrogen and oxygen atoms in total. The lowest BCUT2D eigenvalue weighted by Gasteiger charge is -2.25. The van der Waals surface area contributed by atoms with E-state index in [-0.39, 0.29) is 17.0 Å². The van der Waals surface area contributed by atoms with Crippen molar-refractivity contribution in [1.29, 1.82) is 0 Å². The minimum absolute atomic E-state index is 0.0176. The van der Waals surface area contributed by atoms with Gasteiger partial charge in [-0.1, -0.05) is 29.8 Å². The Bertz CT molecular complexity index is 1470. The number of pyridine rings is 1. The Balaban J connectivity index is 1.61. The van der Waals surface area contributed by atoms with E-state index in [0.717, 1.165) is 5.56 Å². The van der Waals surface area contributed by atoms with Gasteiger partial charge in [0.05, 0.1) is 23.6 Å². The number of halogens is 1. The third-order valence-corrected chi connectivity index (χ3v) is 6.62. The van der Waals surface area contributed by atoms with Crippen molar-refractivity contribution in [1.82, 2.24) is 23.8 Å². The van der Waals surface area contributed by atoms with Crippen LogP contribution >= 0.6 is 11.6 Å². The molecule has 0 aliphatic carbocycles. The number of nitrogens with zero attached hydrogens (tertiary/aromatic N) is 5. The number of hydrogen-bond donors (Lipinski definition) is 1. The van der Waals surface area contributed by atoms with Crippen molar-refractivity contribution >= 4 is 34.7 Å². The van der Waals surface area contributed by atoms with Crippen molar-refractivity contribution in [2.75, 3.05) is 6.54 Å². The van der Waals surface area contributed by atoms with Gasteiger partial charge in [-0.05, 0) is 49.6 Å². The maximum absolute atomic E-state index is 13.3. The van der Waals surface area contributed by atoms with E-state index >= 15 is 0 Å². The fraction of sp³-hybridized carbons (Fsp3) is 0.231. The summed E-state index contributed by atoms with van der Waals surface area (Å²) in [5.41, 5.74) is 3.24. The summed E-state index contributed by atoms with van der Waals surface area (Å²) in [4.78, 5) is 36.6. The predicted molar refractivity (Wildman–Crippen MR) is 132 cm³/mol. The average Bonchev–Trinajstić information content (AvgIpc) is 3.54. The zero-order valence-corrected chi connectivity index (χ0v) is 20.1. The highest BCUT2D eigenvalue weighted by Crippen LogP contribution is 2.40. The quantitative estimate of drug-likeness (QED) is 0.247. The fourth-order valence-corrected chi connectivity index (χ4v) is 4.85. The van der Waals surface area contributed by atoms with Gasteiger partial charge in [0.15, 0.2) is 5.76 Å². The number of carbonyl (C=O) groups is 2. The third-order valence-electron chi connectivity index (χ3n) is 6.39. The monoisotopic (exact) mass is 489 g/mol. The molecule has 1 atom stereocenters. The largest absolute Gasteiger partial charge is 0.505 e. The van der Waals surface area contributed by atoms with Gasteiger partial charge in [0.2, 0.25) is 0 Å².